The number of pyridine rings is 1. The molecule has 0 saturated heterocycles. The van der Waals surface area contributed by atoms with Gasteiger partial charge < -0.3 is 19.3 Å². The molecule has 0 fully saturated rings. The van der Waals surface area contributed by atoms with Gasteiger partial charge in [0.25, 0.3) is 0 Å². The fourth-order valence-corrected chi connectivity index (χ4v) is 4.38. The summed E-state index contributed by atoms with van der Waals surface area (Å²) in [5.41, 5.74) is 1.26. The number of hydrogen-bond acceptors (Lipinski definition) is 7. The molecule has 0 radical (unpaired) electrons. The molecule has 0 aliphatic carbocycles. The summed E-state index contributed by atoms with van der Waals surface area (Å²) in [4.78, 5) is 4.31. The molecule has 3 rings (SSSR count). The number of imidazole rings is 1. The van der Waals surface area contributed by atoms with E-state index in [1.54, 1.807) is 31.2 Å². The SMILES string of the molecule is COc1cc2ncc(-c3cc(F)c(OC)c(OCCO)c3)n2cc1S(=O)(=O)C(C)(C)C. The first-order valence-electron chi connectivity index (χ1n) is 9.46. The highest BCUT2D eigenvalue weighted by atomic mass is 32.2. The van der Waals surface area contributed by atoms with E-state index in [-0.39, 0.29) is 35.4 Å². The van der Waals surface area contributed by atoms with Crippen molar-refractivity contribution in [2.75, 3.05) is 27.4 Å². The molecule has 0 spiro atoms. The van der Waals surface area contributed by atoms with Crippen molar-refractivity contribution >= 4 is 15.5 Å². The van der Waals surface area contributed by atoms with Gasteiger partial charge in [-0.25, -0.2) is 17.8 Å². The Hall–Kier alpha value is -2.85. The number of sulfone groups is 1. The van der Waals surface area contributed by atoms with Gasteiger partial charge in [-0.1, -0.05) is 0 Å². The quantitative estimate of drug-likeness (QED) is 0.588. The minimum Gasteiger partial charge on any atom is -0.495 e. The Kier molecular flexibility index (Phi) is 6.15. The van der Waals surface area contributed by atoms with Gasteiger partial charge in [0.15, 0.2) is 27.2 Å². The largest absolute Gasteiger partial charge is 0.495 e. The van der Waals surface area contributed by atoms with E-state index in [1.807, 2.05) is 0 Å². The van der Waals surface area contributed by atoms with Crippen molar-refractivity contribution in [1.82, 2.24) is 9.38 Å². The fourth-order valence-electron chi connectivity index (χ4n) is 3.07. The molecule has 0 atom stereocenters. The molecule has 3 aromatic rings. The van der Waals surface area contributed by atoms with Crippen molar-refractivity contribution in [1.29, 1.82) is 0 Å². The lowest BCUT2D eigenvalue weighted by molar-refractivity contribution is 0.195. The molecule has 8 nitrogen and oxygen atoms in total. The average molecular weight is 453 g/mol. The summed E-state index contributed by atoms with van der Waals surface area (Å²) in [6.45, 7) is 4.51. The number of methoxy groups -OCH3 is 2. The Morgan fingerprint density at radius 1 is 1.13 bits per heavy atom. The van der Waals surface area contributed by atoms with Gasteiger partial charge in [0.2, 0.25) is 0 Å². The zero-order valence-electron chi connectivity index (χ0n) is 18.0. The molecule has 0 aliphatic rings. The first-order valence-corrected chi connectivity index (χ1v) is 10.9. The molecule has 1 aromatic carbocycles. The number of halogens is 1. The lowest BCUT2D eigenvalue weighted by Crippen LogP contribution is -2.28. The van der Waals surface area contributed by atoms with Gasteiger partial charge in [-0.3, -0.25) is 4.40 Å². The minimum atomic E-state index is -3.75. The van der Waals surface area contributed by atoms with Crippen LogP contribution in [0.5, 0.6) is 17.2 Å². The Balaban J connectivity index is 2.26. The Bertz CT molecular complexity index is 1210. The highest BCUT2D eigenvalue weighted by Gasteiger charge is 2.34. The molecule has 0 saturated carbocycles. The van der Waals surface area contributed by atoms with Crippen molar-refractivity contribution in [2.24, 2.45) is 0 Å². The molecule has 1 N–H and O–H groups in total. The summed E-state index contributed by atoms with van der Waals surface area (Å²) >= 11 is 0. The van der Waals surface area contributed by atoms with Gasteiger partial charge in [0, 0.05) is 17.8 Å². The van der Waals surface area contributed by atoms with Crippen molar-refractivity contribution in [2.45, 2.75) is 30.4 Å². The van der Waals surface area contributed by atoms with Crippen molar-refractivity contribution in [3.8, 4) is 28.5 Å². The highest BCUT2D eigenvalue weighted by molar-refractivity contribution is 7.92. The number of fused-ring (bicyclic) bond motifs is 1. The zero-order valence-corrected chi connectivity index (χ0v) is 18.8. The van der Waals surface area contributed by atoms with Crippen LogP contribution in [0.4, 0.5) is 4.39 Å². The molecule has 10 heteroatoms. The number of benzene rings is 1. The van der Waals surface area contributed by atoms with E-state index in [2.05, 4.69) is 4.98 Å². The van der Waals surface area contributed by atoms with Crippen molar-refractivity contribution < 1.29 is 32.1 Å². The first-order chi connectivity index (χ1) is 14.5. The van der Waals surface area contributed by atoms with Crippen molar-refractivity contribution in [3.05, 3.63) is 36.4 Å². The van der Waals surface area contributed by atoms with E-state index in [0.717, 1.165) is 0 Å². The summed E-state index contributed by atoms with van der Waals surface area (Å²) < 4.78 is 57.2. The normalized spacial score (nSPS) is 12.2. The number of hydrogen-bond donors (Lipinski definition) is 1. The molecular weight excluding hydrogens is 427 g/mol. The summed E-state index contributed by atoms with van der Waals surface area (Å²) in [5, 5.41) is 9.03. The van der Waals surface area contributed by atoms with E-state index in [4.69, 9.17) is 19.3 Å². The van der Waals surface area contributed by atoms with E-state index in [0.29, 0.717) is 16.9 Å². The number of ether oxygens (including phenoxy) is 3. The summed E-state index contributed by atoms with van der Waals surface area (Å²) in [5.74, 6) is -0.479. The maximum atomic E-state index is 14.7. The second-order valence-electron chi connectivity index (χ2n) is 7.76. The molecular formula is C21H25FN2O6S. The number of aliphatic hydroxyl groups is 1. The number of nitrogens with zero attached hydrogens (tertiary/aromatic N) is 2. The van der Waals surface area contributed by atoms with Gasteiger partial charge in [0.1, 0.15) is 22.9 Å². The van der Waals surface area contributed by atoms with E-state index >= 15 is 0 Å². The monoisotopic (exact) mass is 452 g/mol. The number of aliphatic hydroxyl groups excluding tert-OH is 1. The summed E-state index contributed by atoms with van der Waals surface area (Å²) in [6.07, 6.45) is 2.92. The van der Waals surface area contributed by atoms with Crippen LogP contribution in [-0.2, 0) is 9.84 Å². The van der Waals surface area contributed by atoms with Gasteiger partial charge >= 0.3 is 0 Å². The third kappa shape index (κ3) is 4.05. The highest BCUT2D eigenvalue weighted by Crippen LogP contribution is 2.38. The van der Waals surface area contributed by atoms with E-state index in [9.17, 15) is 12.8 Å². The van der Waals surface area contributed by atoms with Crippen LogP contribution in [0.25, 0.3) is 16.9 Å². The maximum absolute atomic E-state index is 14.7. The van der Waals surface area contributed by atoms with Crippen LogP contribution in [0.2, 0.25) is 0 Å². The van der Waals surface area contributed by atoms with Gasteiger partial charge in [-0.2, -0.15) is 0 Å². The van der Waals surface area contributed by atoms with Gasteiger partial charge in [0.05, 0.1) is 37.5 Å². The molecule has 168 valence electrons. The smallest absolute Gasteiger partial charge is 0.196 e. The molecule has 0 bridgehead atoms. The van der Waals surface area contributed by atoms with Crippen LogP contribution >= 0.6 is 0 Å². The Morgan fingerprint density at radius 3 is 2.42 bits per heavy atom. The standard InChI is InChI=1S/C21H25FN2O6S/c1-21(2,3)31(26,27)18-12-24-15(11-23-19(24)10-16(18)28-4)13-8-14(22)20(29-5)17(9-13)30-7-6-25/h8-12,25H,6-7H2,1-5H3. The van der Waals surface area contributed by atoms with Gasteiger partial charge in [-0.05, 0) is 32.9 Å². The number of rotatable bonds is 7. The van der Waals surface area contributed by atoms with Gasteiger partial charge in [-0.15, -0.1) is 0 Å². The summed E-state index contributed by atoms with van der Waals surface area (Å²) in [7, 11) is -1.04. The lowest BCUT2D eigenvalue weighted by atomic mass is 10.1. The topological polar surface area (TPSA) is 99.4 Å². The first kappa shape index (κ1) is 22.8. The van der Waals surface area contributed by atoms with Crippen LogP contribution < -0.4 is 14.2 Å². The maximum Gasteiger partial charge on any atom is 0.196 e. The van der Waals surface area contributed by atoms with Crippen molar-refractivity contribution in [3.63, 3.8) is 0 Å². The molecule has 2 aromatic heterocycles. The molecule has 0 unspecified atom stereocenters. The Labute approximate surface area is 180 Å². The van der Waals surface area contributed by atoms with Crippen LogP contribution in [0.15, 0.2) is 35.5 Å². The fraction of sp³-hybridized carbons (Fsp3) is 0.381. The summed E-state index contributed by atoms with van der Waals surface area (Å²) in [6, 6.07) is 4.31. The lowest BCUT2D eigenvalue weighted by Gasteiger charge is -2.21. The van der Waals surface area contributed by atoms with E-state index < -0.39 is 20.4 Å². The second kappa shape index (κ2) is 8.35. The third-order valence-electron chi connectivity index (χ3n) is 4.75. The molecule has 31 heavy (non-hydrogen) atoms. The van der Waals surface area contributed by atoms with Crippen LogP contribution in [0.1, 0.15) is 20.8 Å². The predicted octanol–water partition coefficient (Wildman–Crippen LogP) is 3.10. The zero-order chi connectivity index (χ0) is 23.0. The van der Waals surface area contributed by atoms with Crippen LogP contribution in [0.3, 0.4) is 0 Å². The molecule has 2 heterocycles. The van der Waals surface area contributed by atoms with Crippen LogP contribution in [-0.4, -0.2) is 55.1 Å². The third-order valence-corrected chi connectivity index (χ3v) is 7.25. The minimum absolute atomic E-state index is 0.0000115. The van der Waals surface area contributed by atoms with Crippen LogP contribution in [0, 0.1) is 5.82 Å². The van der Waals surface area contributed by atoms with E-state index in [1.165, 1.54) is 38.7 Å². The predicted molar refractivity (Wildman–Crippen MR) is 113 cm³/mol. The Morgan fingerprint density at radius 2 is 1.84 bits per heavy atom. The average Bonchev–Trinajstić information content (AvgIpc) is 3.12. The molecule has 0 amide bonds. The number of aromatic nitrogens is 2. The second-order valence-corrected chi connectivity index (χ2v) is 10.4. The molecule has 0 aliphatic heterocycles.